The Labute approximate surface area is 462 Å². The van der Waals surface area contributed by atoms with Crippen LogP contribution in [0.4, 0.5) is 0 Å². The van der Waals surface area contributed by atoms with Crippen LogP contribution < -0.4 is 0 Å². The van der Waals surface area contributed by atoms with Gasteiger partial charge in [-0.15, -0.1) is 0 Å². The summed E-state index contributed by atoms with van der Waals surface area (Å²) in [5, 5.41) is 89.3. The van der Waals surface area contributed by atoms with Gasteiger partial charge in [0.2, 0.25) is 0 Å². The third kappa shape index (κ3) is 2.03. The monoisotopic (exact) mass is 1030 g/mol. The van der Waals surface area contributed by atoms with Gasteiger partial charge >= 0.3 is 0 Å². The van der Waals surface area contributed by atoms with Gasteiger partial charge in [0.25, 0.3) is 0 Å². The molecule has 1 saturated heterocycles. The van der Waals surface area contributed by atoms with Crippen molar-refractivity contribution in [1.29, 1.82) is 0 Å². The lowest BCUT2D eigenvalue weighted by molar-refractivity contribution is 0.271. The number of likely N-dealkylation sites (tertiary alicyclic amines) is 1. The minimum Gasteiger partial charge on any atom is -0.297 e. The minimum absolute atomic E-state index is 0.0820. The Hall–Kier alpha value is -10.5. The standard InChI is InChI=1S/C81H17N3/c1-84-15-80-75-67-59-49-39-31-23-21-22-25-29-27(23)35-43-37(29)47-41-33(25)34-26(22)30-28-24(21)32(31)40-46-36(28)44-38(30)48-42(34)52-51(41)63-57(47)65-55(43)61(53(59)45(35)39)69(75)71(65)77-73(63)74-64(52)58(48)66-56(44)62-54(46)60(50(40)49)68(67)76(80)70(62)72(66)78(74)81(77,80)79(84)18-10-7-16(8-11-18)5-6-17-9-12-20(83-14-17)19-4-2-3-13-82-19/h2-4,7-14,79H,15H2,1H3. The maximum absolute atomic E-state index is 4.79. The number of rotatable bonds is 2. The van der Waals surface area contributed by atoms with Crippen LogP contribution in [0.5, 0.6) is 0 Å². The number of aromatic nitrogens is 2. The van der Waals surface area contributed by atoms with Crippen molar-refractivity contribution in [3.63, 3.8) is 0 Å². The van der Waals surface area contributed by atoms with Crippen molar-refractivity contribution in [2.24, 2.45) is 0 Å². The molecular formula is C81H17N3. The van der Waals surface area contributed by atoms with Crippen LogP contribution in [-0.4, -0.2) is 28.5 Å². The Morgan fingerprint density at radius 2 is 0.595 bits per heavy atom. The molecule has 0 bridgehead atoms. The molecule has 4 aliphatic carbocycles. The second-order valence-corrected chi connectivity index (χ2v) is 29.3. The summed E-state index contributed by atoms with van der Waals surface area (Å²) in [6.07, 6.45) is 3.73. The Morgan fingerprint density at radius 3 is 0.893 bits per heavy atom. The molecule has 36 rings (SSSR count). The van der Waals surface area contributed by atoms with Gasteiger partial charge in [0.05, 0.1) is 22.2 Å². The van der Waals surface area contributed by atoms with Crippen molar-refractivity contribution in [3.8, 4) is 23.2 Å². The third-order valence-corrected chi connectivity index (χ3v) is 28.2. The van der Waals surface area contributed by atoms with E-state index in [0.717, 1.165) is 29.1 Å². The molecule has 2 aromatic heterocycles. The normalized spacial score (nSPS) is 21.7. The number of nitrogens with zero attached hydrogens (tertiary/aromatic N) is 3. The average molecular weight is 1030 g/mol. The summed E-state index contributed by atoms with van der Waals surface area (Å²) >= 11 is 0. The van der Waals surface area contributed by atoms with E-state index in [2.05, 4.69) is 59.1 Å². The lowest BCUT2D eigenvalue weighted by Crippen LogP contribution is -2.51. The minimum atomic E-state index is -0.388. The first-order chi connectivity index (χ1) is 41.8. The van der Waals surface area contributed by atoms with Crippen LogP contribution in [0.2, 0.25) is 0 Å². The van der Waals surface area contributed by atoms with E-state index in [1.807, 2.05) is 36.7 Å². The molecule has 0 N–H and O–H groups in total. The molecule has 0 saturated carbocycles. The van der Waals surface area contributed by atoms with E-state index in [4.69, 9.17) is 4.98 Å². The highest BCUT2D eigenvalue weighted by atomic mass is 15.2. The molecule has 3 heterocycles. The zero-order valence-electron chi connectivity index (χ0n) is 43.5. The molecule has 2 spiro atoms. The zero-order chi connectivity index (χ0) is 50.8. The SMILES string of the molecule is CN1CC23c4c5c6c7c8c9c(c%10c%11c2c2c4c4c%12c5c5c6c6c8c8c%13c9c9c%10c%10c%11c%11c2c2c4c4c%12c%12c5c5c6c8c6c8c%13c9c9c%10c%10c%11c2c2c4c4c%12c5c6c5c8c9c%10c2c45)C73C1c1ccc(C#Cc2ccc(-c3ccccn3)nc2)cc1. The number of benzene rings is 19. The molecule has 84 heavy (non-hydrogen) atoms. The molecule has 0 radical (unpaired) electrons. The molecular weight excluding hydrogens is 1010 g/mol. The Kier molecular flexibility index (Phi) is 3.27. The lowest BCUT2D eigenvalue weighted by Gasteiger charge is -2.52. The summed E-state index contributed by atoms with van der Waals surface area (Å²) < 4.78 is 0. The summed E-state index contributed by atoms with van der Waals surface area (Å²) in [7, 11) is 2.56. The predicted molar refractivity (Wildman–Crippen MR) is 349 cm³/mol. The lowest BCUT2D eigenvalue weighted by atomic mass is 9.47. The molecule has 1 atom stereocenters. The highest BCUT2D eigenvalue weighted by Gasteiger charge is 2.75. The van der Waals surface area contributed by atoms with Gasteiger partial charge in [0, 0.05) is 36.1 Å². The van der Waals surface area contributed by atoms with E-state index in [-0.39, 0.29) is 16.9 Å². The molecule has 1 aliphatic heterocycles. The molecule has 5 aliphatic rings. The third-order valence-electron chi connectivity index (χ3n) is 28.2. The molecule has 356 valence electrons. The van der Waals surface area contributed by atoms with Crippen LogP contribution in [0, 0.1) is 11.8 Å². The van der Waals surface area contributed by atoms with Gasteiger partial charge in [0.15, 0.2) is 0 Å². The fraction of sp³-hybridized carbons (Fsp3) is 0.0617. The van der Waals surface area contributed by atoms with Crippen molar-refractivity contribution in [1.82, 2.24) is 14.9 Å². The van der Waals surface area contributed by atoms with Gasteiger partial charge < -0.3 is 0 Å². The molecule has 1 unspecified atom stereocenters. The Balaban J connectivity index is 0.873. The highest BCUT2D eigenvalue weighted by Crippen LogP contribution is 2.87. The van der Waals surface area contributed by atoms with E-state index in [0.29, 0.717) is 0 Å². The predicted octanol–water partition coefficient (Wildman–Crippen LogP) is 19.8. The zero-order valence-corrected chi connectivity index (χ0v) is 43.5. The van der Waals surface area contributed by atoms with Crippen molar-refractivity contribution < 1.29 is 0 Å². The Bertz CT molecular complexity index is 8190. The van der Waals surface area contributed by atoms with Crippen LogP contribution in [-0.2, 0) is 10.8 Å². The second kappa shape index (κ2) is 8.21. The van der Waals surface area contributed by atoms with Gasteiger partial charge in [0.1, 0.15) is 0 Å². The van der Waals surface area contributed by atoms with Crippen molar-refractivity contribution in [2.45, 2.75) is 16.9 Å². The quantitative estimate of drug-likeness (QED) is 0.128. The molecule has 29 aromatic carbocycles. The number of hydrogen-bond acceptors (Lipinski definition) is 3. The van der Waals surface area contributed by atoms with E-state index >= 15 is 0 Å². The molecule has 31 aromatic rings. The van der Waals surface area contributed by atoms with Crippen LogP contribution in [0.3, 0.4) is 0 Å². The van der Waals surface area contributed by atoms with E-state index < -0.39 is 0 Å². The summed E-state index contributed by atoms with van der Waals surface area (Å²) in [4.78, 5) is 12.3. The van der Waals surface area contributed by atoms with Crippen LogP contribution in [0.15, 0.2) is 67.0 Å². The topological polar surface area (TPSA) is 29.0 Å². The number of hydrogen-bond donors (Lipinski definition) is 0. The maximum atomic E-state index is 4.79. The number of pyridine rings is 2. The van der Waals surface area contributed by atoms with Gasteiger partial charge in [-0.25, -0.2) is 0 Å². The van der Waals surface area contributed by atoms with Gasteiger partial charge in [-0.1, -0.05) is 30.0 Å². The first-order valence-electron chi connectivity index (χ1n) is 30.7. The fourth-order valence-electron chi connectivity index (χ4n) is 27.6. The Morgan fingerprint density at radius 1 is 0.310 bits per heavy atom. The first kappa shape index (κ1) is 33.4. The average Bonchev–Trinajstić information content (AvgIpc) is 1.38. The van der Waals surface area contributed by atoms with Gasteiger partial charge in [-0.05, 0) is 362 Å². The molecule has 3 heteroatoms. The second-order valence-electron chi connectivity index (χ2n) is 29.3. The molecule has 3 nitrogen and oxygen atoms in total. The van der Waals surface area contributed by atoms with Crippen LogP contribution >= 0.6 is 0 Å². The van der Waals surface area contributed by atoms with Crippen molar-refractivity contribution >= 4 is 291 Å². The van der Waals surface area contributed by atoms with Crippen LogP contribution in [0.25, 0.3) is 302 Å². The fourth-order valence-corrected chi connectivity index (χ4v) is 27.6. The van der Waals surface area contributed by atoms with E-state index in [9.17, 15) is 0 Å². The number of likely N-dealkylation sites (N-methyl/N-ethyl adjacent to an activating group) is 1. The maximum Gasteiger partial charge on any atom is 0.0887 e. The smallest absolute Gasteiger partial charge is 0.0887 e. The van der Waals surface area contributed by atoms with Crippen molar-refractivity contribution in [2.75, 3.05) is 13.6 Å². The summed E-state index contributed by atoms with van der Waals surface area (Å²) in [5.74, 6) is 7.14. The van der Waals surface area contributed by atoms with Gasteiger partial charge in [-0.3, -0.25) is 14.9 Å². The van der Waals surface area contributed by atoms with Crippen LogP contribution in [0.1, 0.15) is 45.0 Å². The summed E-state index contributed by atoms with van der Waals surface area (Å²) in [5.41, 5.74) is 11.4. The first-order valence-corrected chi connectivity index (χ1v) is 30.7. The van der Waals surface area contributed by atoms with Gasteiger partial charge in [-0.2, -0.15) is 0 Å². The summed E-state index contributed by atoms with van der Waals surface area (Å²) in [6, 6.07) is 20.0. The largest absolute Gasteiger partial charge is 0.297 e. The van der Waals surface area contributed by atoms with E-state index in [1.54, 1.807) is 313 Å². The molecule has 0 amide bonds. The van der Waals surface area contributed by atoms with E-state index in [1.165, 1.54) is 5.56 Å². The van der Waals surface area contributed by atoms with Crippen molar-refractivity contribution in [3.05, 3.63) is 106 Å². The summed E-state index contributed by atoms with van der Waals surface area (Å²) in [6.45, 7) is 0.996. The molecule has 1 fully saturated rings. The highest BCUT2D eigenvalue weighted by molar-refractivity contribution is 6.82.